The highest BCUT2D eigenvalue weighted by atomic mass is 16.6. The van der Waals surface area contributed by atoms with Crippen LogP contribution in [-0.2, 0) is 20.8 Å². The van der Waals surface area contributed by atoms with Gasteiger partial charge in [0.15, 0.2) is 6.10 Å². The van der Waals surface area contributed by atoms with Gasteiger partial charge in [-0.3, -0.25) is 9.78 Å². The quantitative estimate of drug-likeness (QED) is 0.241. The number of piperidine rings is 1. The lowest BCUT2D eigenvalue weighted by Crippen LogP contribution is -2.43. The molecule has 3 aromatic rings. The fourth-order valence-electron chi connectivity index (χ4n) is 7.31. The van der Waals surface area contributed by atoms with Gasteiger partial charge in [0.05, 0.1) is 17.4 Å². The Morgan fingerprint density at radius 3 is 2.22 bits per heavy atom. The number of benzene rings is 2. The zero-order valence-corrected chi connectivity index (χ0v) is 28.7. The summed E-state index contributed by atoms with van der Waals surface area (Å²) >= 11 is 0. The van der Waals surface area contributed by atoms with Gasteiger partial charge in [-0.25, -0.2) is 4.79 Å². The molecule has 2 fully saturated rings. The molecule has 5 rings (SSSR count). The molecular formula is C39H51N3O4. The maximum Gasteiger partial charge on any atom is 0.340 e. The van der Waals surface area contributed by atoms with Crippen LogP contribution >= 0.6 is 0 Å². The average Bonchev–Trinajstić information content (AvgIpc) is 3.45. The van der Waals surface area contributed by atoms with E-state index in [0.717, 1.165) is 58.8 Å². The molecule has 0 radical (unpaired) electrons. The van der Waals surface area contributed by atoms with Crippen molar-refractivity contribution in [2.24, 2.45) is 5.41 Å². The van der Waals surface area contributed by atoms with Crippen LogP contribution in [0, 0.1) is 19.3 Å². The zero-order valence-electron chi connectivity index (χ0n) is 28.7. The van der Waals surface area contributed by atoms with Gasteiger partial charge in [0, 0.05) is 47.7 Å². The van der Waals surface area contributed by atoms with E-state index in [4.69, 9.17) is 14.5 Å². The van der Waals surface area contributed by atoms with Crippen molar-refractivity contribution < 1.29 is 19.1 Å². The standard InChI is InChI=1S/C39H51N3O4/c1-26(2)45-37(44)35(46-38(5,6)7)33-28(4)41-27(3)32(34(33)42-23-13-22-39(25-42)20-11-12-21-39)30-16-18-31(19-17-30)36(43)40-24-29-14-9-8-10-15-29/h8-10,14-19,26,35H,11-13,20-25H2,1-7H3,(H,40,43)/t35-/m0/s1. The summed E-state index contributed by atoms with van der Waals surface area (Å²) in [4.78, 5) is 34.5. The Labute approximate surface area is 275 Å². The lowest BCUT2D eigenvalue weighted by Gasteiger charge is -2.44. The molecule has 1 saturated carbocycles. The number of rotatable bonds is 9. The monoisotopic (exact) mass is 625 g/mol. The number of hydrogen-bond acceptors (Lipinski definition) is 6. The second kappa shape index (κ2) is 14.0. The number of aryl methyl sites for hydroxylation is 2. The summed E-state index contributed by atoms with van der Waals surface area (Å²) in [5.74, 6) is -0.520. The van der Waals surface area contributed by atoms with Crippen LogP contribution in [0.25, 0.3) is 11.1 Å². The predicted octanol–water partition coefficient (Wildman–Crippen LogP) is 8.26. The number of aromatic nitrogens is 1. The average molecular weight is 626 g/mol. The summed E-state index contributed by atoms with van der Waals surface area (Å²) in [6.07, 6.45) is 6.13. The van der Waals surface area contributed by atoms with Gasteiger partial charge in [0.25, 0.3) is 5.91 Å². The molecule has 1 aliphatic heterocycles. The molecule has 2 aromatic carbocycles. The van der Waals surface area contributed by atoms with Gasteiger partial charge in [-0.1, -0.05) is 55.3 Å². The van der Waals surface area contributed by atoms with Crippen molar-refractivity contribution in [2.45, 2.75) is 111 Å². The minimum Gasteiger partial charge on any atom is -0.461 e. The minimum absolute atomic E-state index is 0.121. The maximum atomic E-state index is 13.8. The molecule has 0 bridgehead atoms. The fraction of sp³-hybridized carbons (Fsp3) is 0.513. The van der Waals surface area contributed by atoms with Gasteiger partial charge in [-0.2, -0.15) is 0 Å². The number of hydrogen-bond donors (Lipinski definition) is 1. The van der Waals surface area contributed by atoms with Crippen LogP contribution in [0.4, 0.5) is 5.69 Å². The Morgan fingerprint density at radius 1 is 0.935 bits per heavy atom. The SMILES string of the molecule is Cc1nc(C)c([C@H](OC(C)(C)C)C(=O)OC(C)C)c(N2CCCC3(CCCC3)C2)c1-c1ccc(C(=O)NCc2ccccc2)cc1. The molecule has 1 saturated heterocycles. The predicted molar refractivity (Wildman–Crippen MR) is 184 cm³/mol. The van der Waals surface area contributed by atoms with Crippen LogP contribution < -0.4 is 10.2 Å². The van der Waals surface area contributed by atoms with Gasteiger partial charge in [0.1, 0.15) is 0 Å². The smallest absolute Gasteiger partial charge is 0.340 e. The summed E-state index contributed by atoms with van der Waals surface area (Å²) in [6.45, 7) is 16.0. The molecule has 1 aromatic heterocycles. The van der Waals surface area contributed by atoms with E-state index in [9.17, 15) is 9.59 Å². The normalized spacial score (nSPS) is 16.9. The van der Waals surface area contributed by atoms with E-state index in [0.29, 0.717) is 12.1 Å². The third-order valence-corrected chi connectivity index (χ3v) is 9.25. The highest BCUT2D eigenvalue weighted by Gasteiger charge is 2.42. The third kappa shape index (κ3) is 7.80. The summed E-state index contributed by atoms with van der Waals surface area (Å²) in [7, 11) is 0. The Kier molecular flexibility index (Phi) is 10.2. The molecule has 1 aliphatic carbocycles. The Bertz CT molecular complexity index is 1520. The van der Waals surface area contributed by atoms with E-state index in [-0.39, 0.29) is 17.4 Å². The van der Waals surface area contributed by atoms with Crippen molar-refractivity contribution in [3.63, 3.8) is 0 Å². The highest BCUT2D eigenvalue weighted by Crippen LogP contribution is 2.49. The molecule has 1 atom stereocenters. The highest BCUT2D eigenvalue weighted by molar-refractivity contribution is 5.95. The molecule has 7 nitrogen and oxygen atoms in total. The second-order valence-electron chi connectivity index (χ2n) is 14.5. The van der Waals surface area contributed by atoms with Crippen LogP contribution in [0.5, 0.6) is 0 Å². The first kappa shape index (κ1) is 33.6. The van der Waals surface area contributed by atoms with E-state index in [1.54, 1.807) is 0 Å². The molecule has 1 amide bonds. The first-order chi connectivity index (χ1) is 21.9. The van der Waals surface area contributed by atoms with Gasteiger partial charge >= 0.3 is 5.97 Å². The van der Waals surface area contributed by atoms with Crippen LogP contribution in [0.2, 0.25) is 0 Å². The van der Waals surface area contributed by atoms with E-state index in [1.807, 2.05) is 103 Å². The molecule has 2 aliphatic rings. The van der Waals surface area contributed by atoms with Crippen molar-refractivity contribution in [1.82, 2.24) is 10.3 Å². The van der Waals surface area contributed by atoms with Crippen molar-refractivity contribution in [2.75, 3.05) is 18.0 Å². The van der Waals surface area contributed by atoms with Gasteiger partial charge < -0.3 is 19.7 Å². The molecule has 1 spiro atoms. The lowest BCUT2D eigenvalue weighted by atomic mass is 9.77. The first-order valence-electron chi connectivity index (χ1n) is 16.9. The number of carbonyl (C=O) groups is 2. The largest absolute Gasteiger partial charge is 0.461 e. The first-order valence-corrected chi connectivity index (χ1v) is 16.9. The maximum absolute atomic E-state index is 13.8. The van der Waals surface area contributed by atoms with Gasteiger partial charge in [-0.05, 0) is 103 Å². The summed E-state index contributed by atoms with van der Waals surface area (Å²) < 4.78 is 12.4. The molecular weight excluding hydrogens is 574 g/mol. The summed E-state index contributed by atoms with van der Waals surface area (Å²) in [5.41, 5.74) is 6.71. The summed E-state index contributed by atoms with van der Waals surface area (Å²) in [6, 6.07) is 17.7. The molecule has 46 heavy (non-hydrogen) atoms. The lowest BCUT2D eigenvalue weighted by molar-refractivity contribution is -0.171. The second-order valence-corrected chi connectivity index (χ2v) is 14.5. The summed E-state index contributed by atoms with van der Waals surface area (Å²) in [5, 5.41) is 3.03. The molecule has 1 N–H and O–H groups in total. The van der Waals surface area contributed by atoms with E-state index >= 15 is 0 Å². The third-order valence-electron chi connectivity index (χ3n) is 9.25. The van der Waals surface area contributed by atoms with Crippen LogP contribution in [0.3, 0.4) is 0 Å². The van der Waals surface area contributed by atoms with Crippen LogP contribution in [0.15, 0.2) is 54.6 Å². The topological polar surface area (TPSA) is 80.8 Å². The number of amides is 1. The Morgan fingerprint density at radius 2 is 1.59 bits per heavy atom. The molecule has 246 valence electrons. The van der Waals surface area contributed by atoms with Gasteiger partial charge in [0.2, 0.25) is 0 Å². The van der Waals surface area contributed by atoms with Gasteiger partial charge in [-0.15, -0.1) is 0 Å². The van der Waals surface area contributed by atoms with Crippen molar-refractivity contribution in [3.8, 4) is 11.1 Å². The molecule has 7 heteroatoms. The van der Waals surface area contributed by atoms with E-state index in [1.165, 1.54) is 32.1 Å². The van der Waals surface area contributed by atoms with Crippen molar-refractivity contribution in [1.29, 1.82) is 0 Å². The van der Waals surface area contributed by atoms with Crippen LogP contribution in [-0.4, -0.2) is 41.7 Å². The molecule has 0 unspecified atom stereocenters. The fourth-order valence-corrected chi connectivity index (χ4v) is 7.31. The number of nitrogens with zero attached hydrogens (tertiary/aromatic N) is 2. The van der Waals surface area contributed by atoms with Crippen molar-refractivity contribution >= 4 is 17.6 Å². The minimum atomic E-state index is -0.936. The van der Waals surface area contributed by atoms with Crippen molar-refractivity contribution in [3.05, 3.63) is 82.7 Å². The Balaban J connectivity index is 1.60. The van der Waals surface area contributed by atoms with E-state index < -0.39 is 17.7 Å². The number of pyridine rings is 1. The number of esters is 1. The number of anilines is 1. The number of nitrogens with one attached hydrogen (secondary N) is 1. The van der Waals surface area contributed by atoms with Crippen LogP contribution in [0.1, 0.15) is 112 Å². The number of carbonyl (C=O) groups excluding carboxylic acids is 2. The number of ether oxygens (including phenoxy) is 2. The Hall–Kier alpha value is -3.71. The van der Waals surface area contributed by atoms with E-state index in [2.05, 4.69) is 10.2 Å². The molecule has 2 heterocycles. The zero-order chi connectivity index (χ0) is 33.1.